The molecule has 74 valence electrons. The summed E-state index contributed by atoms with van der Waals surface area (Å²) in [4.78, 5) is 0. The first-order valence-corrected chi connectivity index (χ1v) is 5.17. The van der Waals surface area contributed by atoms with E-state index in [0.717, 1.165) is 31.6 Å². The zero-order valence-corrected chi connectivity index (χ0v) is 8.68. The topological polar surface area (TPSA) is 9.23 Å². The zero-order chi connectivity index (χ0) is 9.97. The maximum absolute atomic E-state index is 5.52. The lowest BCUT2D eigenvalue weighted by Crippen LogP contribution is -1.91. The van der Waals surface area contributed by atoms with Gasteiger partial charge in [0.2, 0.25) is 0 Å². The summed E-state index contributed by atoms with van der Waals surface area (Å²) < 4.78 is 5.52. The van der Waals surface area contributed by atoms with Crippen LogP contribution in [0, 0.1) is 6.92 Å². The predicted molar refractivity (Wildman–Crippen MR) is 58.9 cm³/mol. The van der Waals surface area contributed by atoms with Crippen molar-refractivity contribution in [2.75, 3.05) is 6.61 Å². The smallest absolute Gasteiger partial charge is 0.122 e. The maximum atomic E-state index is 5.52. The quantitative estimate of drug-likeness (QED) is 0.662. The highest BCUT2D eigenvalue weighted by Gasteiger charge is 2.13. The van der Waals surface area contributed by atoms with Gasteiger partial charge in [0.25, 0.3) is 0 Å². The van der Waals surface area contributed by atoms with Gasteiger partial charge in [0.05, 0.1) is 6.61 Å². The summed E-state index contributed by atoms with van der Waals surface area (Å²) in [6, 6.07) is 4.46. The van der Waals surface area contributed by atoms with E-state index in [1.165, 1.54) is 16.7 Å². The number of hydrogen-bond acceptors (Lipinski definition) is 1. The third-order valence-corrected chi connectivity index (χ3v) is 2.77. The van der Waals surface area contributed by atoms with Gasteiger partial charge in [-0.25, -0.2) is 0 Å². The lowest BCUT2D eigenvalue weighted by molar-refractivity contribution is 0.356. The van der Waals surface area contributed by atoms with Gasteiger partial charge in [0.1, 0.15) is 5.75 Å². The van der Waals surface area contributed by atoms with Crippen molar-refractivity contribution in [3.63, 3.8) is 0 Å². The standard InChI is InChI=1S/C13H16O/c1-3-4-5-11-9-12-6-7-14-13(12)8-10(11)2/h3,8-9H,1,4-7H2,2H3. The molecule has 0 unspecified atom stereocenters. The Hall–Kier alpha value is -1.24. The summed E-state index contributed by atoms with van der Waals surface area (Å²) in [5.41, 5.74) is 4.15. The normalized spacial score (nSPS) is 13.5. The van der Waals surface area contributed by atoms with Crippen LogP contribution in [-0.2, 0) is 12.8 Å². The van der Waals surface area contributed by atoms with Gasteiger partial charge in [0.15, 0.2) is 0 Å². The Morgan fingerprint density at radius 2 is 2.36 bits per heavy atom. The molecule has 1 heteroatoms. The molecule has 1 aromatic rings. The van der Waals surface area contributed by atoms with Crippen LogP contribution in [0.4, 0.5) is 0 Å². The van der Waals surface area contributed by atoms with Crippen LogP contribution < -0.4 is 4.74 Å². The van der Waals surface area contributed by atoms with Crippen molar-refractivity contribution >= 4 is 0 Å². The summed E-state index contributed by atoms with van der Waals surface area (Å²) in [6.45, 7) is 6.75. The van der Waals surface area contributed by atoms with Crippen LogP contribution in [-0.4, -0.2) is 6.61 Å². The van der Waals surface area contributed by atoms with E-state index < -0.39 is 0 Å². The molecule has 0 N–H and O–H groups in total. The molecule has 1 nitrogen and oxygen atoms in total. The SMILES string of the molecule is C=CCCc1cc2c(cc1C)OCC2. The highest BCUT2D eigenvalue weighted by molar-refractivity contribution is 5.44. The Bertz CT molecular complexity index is 352. The first-order chi connectivity index (χ1) is 6.81. The van der Waals surface area contributed by atoms with Crippen LogP contribution in [0.1, 0.15) is 23.1 Å². The third-order valence-electron chi connectivity index (χ3n) is 2.77. The Labute approximate surface area is 85.4 Å². The average molecular weight is 188 g/mol. The molecule has 14 heavy (non-hydrogen) atoms. The molecule has 0 fully saturated rings. The molecular formula is C13H16O. The Balaban J connectivity index is 2.27. The minimum Gasteiger partial charge on any atom is -0.493 e. The molecule has 0 bridgehead atoms. The Kier molecular flexibility index (Phi) is 2.58. The average Bonchev–Trinajstić information content (AvgIpc) is 2.61. The third kappa shape index (κ3) is 1.67. The van der Waals surface area contributed by atoms with Crippen molar-refractivity contribution in [1.82, 2.24) is 0 Å². The predicted octanol–water partition coefficient (Wildman–Crippen LogP) is 3.05. The Morgan fingerprint density at radius 1 is 1.50 bits per heavy atom. The van der Waals surface area contributed by atoms with Crippen molar-refractivity contribution in [3.8, 4) is 5.75 Å². The number of benzene rings is 1. The Morgan fingerprint density at radius 3 is 3.14 bits per heavy atom. The molecule has 0 radical (unpaired) electrons. The van der Waals surface area contributed by atoms with Crippen molar-refractivity contribution in [3.05, 3.63) is 41.5 Å². The number of ether oxygens (including phenoxy) is 1. The van der Waals surface area contributed by atoms with Gasteiger partial charge < -0.3 is 4.74 Å². The molecule has 1 aromatic carbocycles. The number of allylic oxidation sites excluding steroid dienone is 1. The fraction of sp³-hybridized carbons (Fsp3) is 0.385. The van der Waals surface area contributed by atoms with Crippen LogP contribution in [0.15, 0.2) is 24.8 Å². The first kappa shape index (κ1) is 9.32. The fourth-order valence-corrected chi connectivity index (χ4v) is 1.90. The second-order valence-corrected chi connectivity index (χ2v) is 3.81. The minimum atomic E-state index is 0.847. The monoisotopic (exact) mass is 188 g/mol. The molecule has 0 amide bonds. The van der Waals surface area contributed by atoms with Gasteiger partial charge in [-0.1, -0.05) is 12.1 Å². The summed E-state index contributed by atoms with van der Waals surface area (Å²) in [5, 5.41) is 0. The van der Waals surface area contributed by atoms with Gasteiger partial charge in [-0.05, 0) is 42.5 Å². The molecule has 2 rings (SSSR count). The number of fused-ring (bicyclic) bond motifs is 1. The van der Waals surface area contributed by atoms with E-state index in [2.05, 4.69) is 25.6 Å². The van der Waals surface area contributed by atoms with E-state index >= 15 is 0 Å². The van der Waals surface area contributed by atoms with Crippen molar-refractivity contribution in [1.29, 1.82) is 0 Å². The number of rotatable bonds is 3. The lowest BCUT2D eigenvalue weighted by Gasteiger charge is -2.07. The van der Waals surface area contributed by atoms with E-state index in [0.29, 0.717) is 0 Å². The molecule has 0 atom stereocenters. The van der Waals surface area contributed by atoms with E-state index in [-0.39, 0.29) is 0 Å². The molecule has 0 spiro atoms. The van der Waals surface area contributed by atoms with Crippen LogP contribution in [0.25, 0.3) is 0 Å². The second-order valence-electron chi connectivity index (χ2n) is 3.81. The first-order valence-electron chi connectivity index (χ1n) is 5.17. The van der Waals surface area contributed by atoms with Crippen molar-refractivity contribution in [2.45, 2.75) is 26.2 Å². The summed E-state index contributed by atoms with van der Waals surface area (Å²) >= 11 is 0. The van der Waals surface area contributed by atoms with Gasteiger partial charge in [-0.15, -0.1) is 6.58 Å². The van der Waals surface area contributed by atoms with E-state index in [1.807, 2.05) is 6.08 Å². The molecule has 1 aliphatic rings. The van der Waals surface area contributed by atoms with Gasteiger partial charge in [-0.2, -0.15) is 0 Å². The number of aryl methyl sites for hydroxylation is 2. The second kappa shape index (κ2) is 3.87. The molecule has 0 saturated heterocycles. The van der Waals surface area contributed by atoms with Crippen LogP contribution in [0.3, 0.4) is 0 Å². The van der Waals surface area contributed by atoms with Gasteiger partial charge >= 0.3 is 0 Å². The minimum absolute atomic E-state index is 0.847. The van der Waals surface area contributed by atoms with Crippen molar-refractivity contribution < 1.29 is 4.74 Å². The van der Waals surface area contributed by atoms with Crippen molar-refractivity contribution in [2.24, 2.45) is 0 Å². The van der Waals surface area contributed by atoms with E-state index in [9.17, 15) is 0 Å². The summed E-state index contributed by atoms with van der Waals surface area (Å²) in [5.74, 6) is 1.09. The number of hydrogen-bond donors (Lipinski definition) is 0. The lowest BCUT2D eigenvalue weighted by atomic mass is 9.99. The molecule has 1 aliphatic heterocycles. The highest BCUT2D eigenvalue weighted by atomic mass is 16.5. The molecular weight excluding hydrogens is 172 g/mol. The van der Waals surface area contributed by atoms with E-state index in [1.54, 1.807) is 0 Å². The molecule has 1 heterocycles. The van der Waals surface area contributed by atoms with Gasteiger partial charge in [0, 0.05) is 6.42 Å². The fourth-order valence-electron chi connectivity index (χ4n) is 1.90. The van der Waals surface area contributed by atoms with Crippen LogP contribution >= 0.6 is 0 Å². The summed E-state index contributed by atoms with van der Waals surface area (Å²) in [7, 11) is 0. The maximum Gasteiger partial charge on any atom is 0.122 e. The molecule has 0 saturated carbocycles. The van der Waals surface area contributed by atoms with Crippen LogP contribution in [0.5, 0.6) is 5.75 Å². The highest BCUT2D eigenvalue weighted by Crippen LogP contribution is 2.28. The van der Waals surface area contributed by atoms with Gasteiger partial charge in [-0.3, -0.25) is 0 Å². The summed E-state index contributed by atoms with van der Waals surface area (Å²) in [6.07, 6.45) is 5.20. The largest absolute Gasteiger partial charge is 0.493 e. The molecule has 0 aromatic heterocycles. The zero-order valence-electron chi connectivity index (χ0n) is 8.68. The molecule has 0 aliphatic carbocycles. The van der Waals surface area contributed by atoms with E-state index in [4.69, 9.17) is 4.74 Å². The van der Waals surface area contributed by atoms with Crippen LogP contribution in [0.2, 0.25) is 0 Å².